The SMILES string of the molecule is O=S(=O)(Nc1ccc(CCBr)cc1)c1ccc(Br)cc1Cl. The maximum absolute atomic E-state index is 12.3. The number of benzene rings is 2. The summed E-state index contributed by atoms with van der Waals surface area (Å²) in [5, 5.41) is 1.04. The summed E-state index contributed by atoms with van der Waals surface area (Å²) in [5.41, 5.74) is 1.64. The van der Waals surface area contributed by atoms with Gasteiger partial charge >= 0.3 is 0 Å². The fourth-order valence-corrected chi connectivity index (χ4v) is 4.31. The van der Waals surface area contributed by atoms with E-state index in [9.17, 15) is 8.42 Å². The lowest BCUT2D eigenvalue weighted by Crippen LogP contribution is -2.13. The van der Waals surface area contributed by atoms with Crippen LogP contribution in [0.4, 0.5) is 5.69 Å². The number of sulfonamides is 1. The number of anilines is 1. The predicted octanol–water partition coefficient (Wildman–Crippen LogP) is 4.84. The molecule has 0 unspecified atom stereocenters. The number of hydrogen-bond donors (Lipinski definition) is 1. The van der Waals surface area contributed by atoms with Crippen molar-refractivity contribution in [2.75, 3.05) is 10.1 Å². The van der Waals surface area contributed by atoms with Crippen LogP contribution in [0.2, 0.25) is 5.02 Å². The van der Waals surface area contributed by atoms with Crippen LogP contribution in [-0.2, 0) is 16.4 Å². The highest BCUT2D eigenvalue weighted by Gasteiger charge is 2.18. The van der Waals surface area contributed by atoms with E-state index in [4.69, 9.17) is 11.6 Å². The molecule has 0 bridgehead atoms. The van der Waals surface area contributed by atoms with E-state index in [2.05, 4.69) is 36.6 Å². The summed E-state index contributed by atoms with van der Waals surface area (Å²) >= 11 is 12.6. The molecule has 3 nitrogen and oxygen atoms in total. The molecule has 0 aliphatic heterocycles. The Hall–Kier alpha value is -0.560. The molecule has 7 heteroatoms. The summed E-state index contributed by atoms with van der Waals surface area (Å²) in [7, 11) is -3.70. The number of halogens is 3. The van der Waals surface area contributed by atoms with Gasteiger partial charge in [-0.15, -0.1) is 0 Å². The second kappa shape index (κ2) is 7.13. The first-order valence-electron chi connectivity index (χ1n) is 6.05. The molecule has 0 saturated carbocycles. The normalized spacial score (nSPS) is 11.4. The molecule has 0 aliphatic rings. The van der Waals surface area contributed by atoms with Crippen LogP contribution in [0.1, 0.15) is 5.56 Å². The third-order valence-electron chi connectivity index (χ3n) is 2.77. The minimum absolute atomic E-state index is 0.0527. The van der Waals surface area contributed by atoms with Crippen molar-refractivity contribution in [2.45, 2.75) is 11.3 Å². The third kappa shape index (κ3) is 4.45. The Morgan fingerprint density at radius 2 is 1.76 bits per heavy atom. The molecular weight excluding hydrogens is 441 g/mol. The van der Waals surface area contributed by atoms with Crippen molar-refractivity contribution in [1.82, 2.24) is 0 Å². The lowest BCUT2D eigenvalue weighted by atomic mass is 10.2. The molecule has 0 atom stereocenters. The van der Waals surface area contributed by atoms with E-state index in [1.165, 1.54) is 6.07 Å². The van der Waals surface area contributed by atoms with Gasteiger partial charge < -0.3 is 0 Å². The van der Waals surface area contributed by atoms with Gasteiger partial charge in [0.05, 0.1) is 5.02 Å². The van der Waals surface area contributed by atoms with E-state index in [1.807, 2.05) is 12.1 Å². The molecule has 0 spiro atoms. The molecule has 2 aromatic carbocycles. The zero-order valence-electron chi connectivity index (χ0n) is 10.8. The van der Waals surface area contributed by atoms with Crippen LogP contribution in [0, 0.1) is 0 Å². The topological polar surface area (TPSA) is 46.2 Å². The zero-order valence-corrected chi connectivity index (χ0v) is 15.6. The van der Waals surface area contributed by atoms with Crippen LogP contribution in [0.5, 0.6) is 0 Å². The Labute approximate surface area is 146 Å². The van der Waals surface area contributed by atoms with Gasteiger partial charge in [-0.3, -0.25) is 4.72 Å². The Kier molecular flexibility index (Phi) is 5.71. The number of aryl methyl sites for hydroxylation is 1. The quantitative estimate of drug-likeness (QED) is 0.659. The van der Waals surface area contributed by atoms with Crippen molar-refractivity contribution in [3.05, 3.63) is 57.5 Å². The molecule has 112 valence electrons. The van der Waals surface area contributed by atoms with Gasteiger partial charge in [0.25, 0.3) is 10.0 Å². The number of nitrogens with one attached hydrogen (secondary N) is 1. The summed E-state index contributed by atoms with van der Waals surface area (Å²) in [6.07, 6.45) is 0.894. The molecule has 0 amide bonds. The zero-order chi connectivity index (χ0) is 15.5. The van der Waals surface area contributed by atoms with Crippen molar-refractivity contribution >= 4 is 59.2 Å². The van der Waals surface area contributed by atoms with Crippen LogP contribution < -0.4 is 4.72 Å². The van der Waals surface area contributed by atoms with Crippen LogP contribution in [0.15, 0.2) is 51.8 Å². The highest BCUT2D eigenvalue weighted by atomic mass is 79.9. The number of rotatable bonds is 5. The minimum Gasteiger partial charge on any atom is -0.280 e. The van der Waals surface area contributed by atoms with E-state index >= 15 is 0 Å². The summed E-state index contributed by atoms with van der Waals surface area (Å²) < 4.78 is 27.9. The average Bonchev–Trinajstić information content (AvgIpc) is 2.40. The molecule has 2 aromatic rings. The largest absolute Gasteiger partial charge is 0.280 e. The third-order valence-corrected chi connectivity index (χ3v) is 5.53. The lowest BCUT2D eigenvalue weighted by Gasteiger charge is -2.10. The van der Waals surface area contributed by atoms with Crippen LogP contribution in [-0.4, -0.2) is 13.7 Å². The summed E-state index contributed by atoms with van der Waals surface area (Å²) in [4.78, 5) is 0.0527. The van der Waals surface area contributed by atoms with Crippen molar-refractivity contribution in [3.8, 4) is 0 Å². The highest BCUT2D eigenvalue weighted by Crippen LogP contribution is 2.27. The summed E-state index contributed by atoms with van der Waals surface area (Å²) in [6, 6.07) is 11.9. The van der Waals surface area contributed by atoms with Crippen LogP contribution in [0.25, 0.3) is 0 Å². The van der Waals surface area contributed by atoms with Gasteiger partial charge in [-0.2, -0.15) is 0 Å². The van der Waals surface area contributed by atoms with Gasteiger partial charge in [-0.25, -0.2) is 8.42 Å². The van der Waals surface area contributed by atoms with Crippen LogP contribution in [0.3, 0.4) is 0 Å². The number of alkyl halides is 1. The Balaban J connectivity index is 2.24. The monoisotopic (exact) mass is 451 g/mol. The fraction of sp³-hybridized carbons (Fsp3) is 0.143. The Morgan fingerprint density at radius 3 is 2.33 bits per heavy atom. The van der Waals surface area contributed by atoms with Crippen molar-refractivity contribution in [2.24, 2.45) is 0 Å². The standard InChI is InChI=1S/C14H12Br2ClNO2S/c15-8-7-10-1-4-12(5-2-10)18-21(19,20)14-6-3-11(16)9-13(14)17/h1-6,9,18H,7-8H2. The van der Waals surface area contributed by atoms with E-state index in [1.54, 1.807) is 24.3 Å². The fourth-order valence-electron chi connectivity index (χ4n) is 1.75. The molecule has 21 heavy (non-hydrogen) atoms. The van der Waals surface area contributed by atoms with Gasteiger partial charge in [0, 0.05) is 15.5 Å². The molecule has 0 aliphatic carbocycles. The van der Waals surface area contributed by atoms with Gasteiger partial charge in [0.15, 0.2) is 0 Å². The minimum atomic E-state index is -3.70. The molecule has 1 N–H and O–H groups in total. The average molecular weight is 454 g/mol. The molecular formula is C14H12Br2ClNO2S. The van der Waals surface area contributed by atoms with Gasteiger partial charge in [0.1, 0.15) is 4.90 Å². The first-order chi connectivity index (χ1) is 9.92. The lowest BCUT2D eigenvalue weighted by molar-refractivity contribution is 0.601. The first-order valence-corrected chi connectivity index (χ1v) is 9.83. The van der Waals surface area contributed by atoms with Gasteiger partial charge in [-0.1, -0.05) is 55.6 Å². The van der Waals surface area contributed by atoms with Crippen molar-refractivity contribution < 1.29 is 8.42 Å². The van der Waals surface area contributed by atoms with Gasteiger partial charge in [-0.05, 0) is 42.3 Å². The Morgan fingerprint density at radius 1 is 1.10 bits per heavy atom. The molecule has 0 fully saturated rings. The van der Waals surface area contributed by atoms with Crippen molar-refractivity contribution in [1.29, 1.82) is 0 Å². The highest BCUT2D eigenvalue weighted by molar-refractivity contribution is 9.10. The maximum Gasteiger partial charge on any atom is 0.263 e. The number of hydrogen-bond acceptors (Lipinski definition) is 2. The van der Waals surface area contributed by atoms with E-state index in [0.29, 0.717) is 5.69 Å². The first kappa shape index (κ1) is 16.8. The van der Waals surface area contributed by atoms with E-state index < -0.39 is 10.0 Å². The second-order valence-electron chi connectivity index (χ2n) is 4.32. The predicted molar refractivity (Wildman–Crippen MR) is 93.9 cm³/mol. The smallest absolute Gasteiger partial charge is 0.263 e. The van der Waals surface area contributed by atoms with Crippen molar-refractivity contribution in [3.63, 3.8) is 0 Å². The molecule has 0 aromatic heterocycles. The summed E-state index contributed by atoms with van der Waals surface area (Å²) in [6.45, 7) is 0. The molecule has 0 radical (unpaired) electrons. The molecule has 0 saturated heterocycles. The molecule has 0 heterocycles. The second-order valence-corrected chi connectivity index (χ2v) is 8.08. The van der Waals surface area contributed by atoms with E-state index in [-0.39, 0.29) is 9.92 Å². The van der Waals surface area contributed by atoms with E-state index in [0.717, 1.165) is 21.8 Å². The Bertz CT molecular complexity index is 733. The van der Waals surface area contributed by atoms with Gasteiger partial charge in [0.2, 0.25) is 0 Å². The van der Waals surface area contributed by atoms with Crippen LogP contribution >= 0.6 is 43.5 Å². The molecule has 2 rings (SSSR count). The maximum atomic E-state index is 12.3. The summed E-state index contributed by atoms with van der Waals surface area (Å²) in [5.74, 6) is 0.